The van der Waals surface area contributed by atoms with Crippen LogP contribution >= 0.6 is 0 Å². The van der Waals surface area contributed by atoms with Crippen LogP contribution in [0.5, 0.6) is 0 Å². The molecule has 10 nitrogen and oxygen atoms in total. The molecule has 3 heterocycles. The monoisotopic (exact) mass is 626 g/mol. The Labute approximate surface area is 264 Å². The fourth-order valence-electron chi connectivity index (χ4n) is 7.04. The number of anilines is 3. The van der Waals surface area contributed by atoms with Crippen LogP contribution in [0.4, 0.5) is 26.4 Å². The first kappa shape index (κ1) is 33.0. The number of nitrogens with zero attached hydrogens (tertiary/aromatic N) is 5. The number of carbonyl (C=O) groups is 1. The maximum Gasteiger partial charge on any atom is 0.224 e. The molecule has 3 aromatic rings. The Morgan fingerprint density at radius 3 is 2.44 bits per heavy atom. The Bertz CT molecular complexity index is 1410. The Morgan fingerprint density at radius 1 is 0.978 bits per heavy atom. The summed E-state index contributed by atoms with van der Waals surface area (Å²) in [5, 5.41) is 19.4. The minimum atomic E-state index is -0.702. The molecule has 2 aromatic heterocycles. The molecule has 4 N–H and O–H groups in total. The molecule has 1 amide bonds. The van der Waals surface area contributed by atoms with Crippen LogP contribution in [0.3, 0.4) is 0 Å². The van der Waals surface area contributed by atoms with Crippen molar-refractivity contribution < 1.29 is 18.7 Å². The van der Waals surface area contributed by atoms with E-state index in [0.29, 0.717) is 29.6 Å². The highest BCUT2D eigenvalue weighted by molar-refractivity contribution is 5.79. The van der Waals surface area contributed by atoms with E-state index in [-0.39, 0.29) is 49.5 Å². The molecule has 1 aliphatic heterocycles. The van der Waals surface area contributed by atoms with Gasteiger partial charge in [-0.2, -0.15) is 4.98 Å². The molecule has 0 bridgehead atoms. The first-order chi connectivity index (χ1) is 21.5. The molecule has 0 spiro atoms. The van der Waals surface area contributed by atoms with Crippen LogP contribution in [0.2, 0.25) is 0 Å². The summed E-state index contributed by atoms with van der Waals surface area (Å²) in [6.07, 6.45) is 12.2. The standard InChI is InChI=1S/C32H44F2N8O2.CH4/c33-23-8-13-27(26(34)18-23)38-32-39-28-19-36-31(40-29(28)42(32)25-11-4-21(20-43)5-12-25)37-24-9-6-22(7-10-24)30(44)35-14-17-41-15-2-1-3-16-41;/h8,13,18-19,21-22,24-25,43H,1-7,9-12,14-17,20H2,(H,35,44)(H,38,39)(H,36,37,40);1H4. The van der Waals surface area contributed by atoms with Gasteiger partial charge in [-0.25, -0.2) is 18.7 Å². The molecule has 0 atom stereocenters. The number of halogens is 2. The van der Waals surface area contributed by atoms with E-state index in [1.54, 1.807) is 6.20 Å². The second-order valence-corrected chi connectivity index (χ2v) is 12.7. The van der Waals surface area contributed by atoms with Crippen LogP contribution in [0, 0.1) is 23.5 Å². The minimum Gasteiger partial charge on any atom is -0.396 e. The molecule has 3 fully saturated rings. The third-order valence-corrected chi connectivity index (χ3v) is 9.66. The van der Waals surface area contributed by atoms with E-state index in [1.807, 2.05) is 4.57 Å². The molecule has 0 radical (unpaired) electrons. The summed E-state index contributed by atoms with van der Waals surface area (Å²) in [5.41, 5.74) is 1.35. The summed E-state index contributed by atoms with van der Waals surface area (Å²) in [7, 11) is 0. The number of amides is 1. The Balaban J connectivity index is 0.00000400. The van der Waals surface area contributed by atoms with Gasteiger partial charge in [-0.1, -0.05) is 13.8 Å². The van der Waals surface area contributed by atoms with Gasteiger partial charge in [0.05, 0.1) is 11.9 Å². The highest BCUT2D eigenvalue weighted by atomic mass is 19.1. The van der Waals surface area contributed by atoms with Crippen LogP contribution < -0.4 is 16.0 Å². The largest absolute Gasteiger partial charge is 0.396 e. The average Bonchev–Trinajstić information content (AvgIpc) is 3.40. The summed E-state index contributed by atoms with van der Waals surface area (Å²) in [4.78, 5) is 29.3. The van der Waals surface area contributed by atoms with Crippen molar-refractivity contribution in [1.82, 2.24) is 29.7 Å². The molecule has 1 aromatic carbocycles. The highest BCUT2D eigenvalue weighted by Gasteiger charge is 2.29. The van der Waals surface area contributed by atoms with Crippen molar-refractivity contribution in [2.24, 2.45) is 11.8 Å². The molecular weight excluding hydrogens is 578 g/mol. The zero-order valence-corrected chi connectivity index (χ0v) is 25.3. The smallest absolute Gasteiger partial charge is 0.224 e. The maximum atomic E-state index is 14.6. The summed E-state index contributed by atoms with van der Waals surface area (Å²) in [5.74, 6) is 0.0446. The van der Waals surface area contributed by atoms with Crippen molar-refractivity contribution in [1.29, 1.82) is 0 Å². The number of fused-ring (bicyclic) bond motifs is 1. The van der Waals surface area contributed by atoms with E-state index in [4.69, 9.17) is 9.97 Å². The number of aliphatic hydroxyl groups is 1. The van der Waals surface area contributed by atoms with Crippen molar-refractivity contribution in [2.75, 3.05) is 43.4 Å². The van der Waals surface area contributed by atoms with Crippen LogP contribution in [0.15, 0.2) is 24.4 Å². The van der Waals surface area contributed by atoms with E-state index >= 15 is 0 Å². The number of likely N-dealkylation sites (tertiary alicyclic amines) is 1. The van der Waals surface area contributed by atoms with E-state index in [1.165, 1.54) is 31.4 Å². The Morgan fingerprint density at radius 2 is 1.73 bits per heavy atom. The fourth-order valence-corrected chi connectivity index (χ4v) is 7.04. The van der Waals surface area contributed by atoms with Crippen molar-refractivity contribution in [3.8, 4) is 0 Å². The third-order valence-electron chi connectivity index (χ3n) is 9.66. The lowest BCUT2D eigenvalue weighted by Crippen LogP contribution is -2.41. The third kappa shape index (κ3) is 8.07. The SMILES string of the molecule is C.O=C(NCCN1CCCCC1)C1CCC(Nc2ncc3nc(Nc4ccc(F)cc4F)n(C4CCC(CO)CC4)c3n2)CC1. The molecule has 1 saturated heterocycles. The van der Waals surface area contributed by atoms with Gasteiger partial charge in [-0.05, 0) is 95.3 Å². The fraction of sp³-hybridized carbons (Fsp3) is 0.636. The molecule has 2 aliphatic carbocycles. The number of piperidine rings is 1. The molecule has 0 unspecified atom stereocenters. The van der Waals surface area contributed by atoms with E-state index in [0.717, 1.165) is 77.1 Å². The molecule has 3 aliphatic rings. The van der Waals surface area contributed by atoms with Crippen molar-refractivity contribution in [3.63, 3.8) is 0 Å². The van der Waals surface area contributed by atoms with Gasteiger partial charge in [0.1, 0.15) is 17.2 Å². The van der Waals surface area contributed by atoms with Gasteiger partial charge in [0.2, 0.25) is 17.8 Å². The van der Waals surface area contributed by atoms with E-state index in [9.17, 15) is 18.7 Å². The van der Waals surface area contributed by atoms with Gasteiger partial charge in [0.15, 0.2) is 5.65 Å². The number of rotatable bonds is 10. The average molecular weight is 627 g/mol. The molecular formula is C33H48F2N8O2. The van der Waals surface area contributed by atoms with Crippen LogP contribution in [-0.4, -0.2) is 74.3 Å². The quantitative estimate of drug-likeness (QED) is 0.224. The van der Waals surface area contributed by atoms with Crippen molar-refractivity contribution >= 4 is 34.7 Å². The number of hydrogen-bond donors (Lipinski definition) is 4. The normalized spacial score (nSPS) is 24.2. The van der Waals surface area contributed by atoms with Crippen LogP contribution in [-0.2, 0) is 4.79 Å². The first-order valence-corrected chi connectivity index (χ1v) is 16.3. The summed E-state index contributed by atoms with van der Waals surface area (Å²) in [6, 6.07) is 3.63. The number of nitrogens with one attached hydrogen (secondary N) is 3. The maximum absolute atomic E-state index is 14.6. The van der Waals surface area contributed by atoms with Gasteiger partial charge >= 0.3 is 0 Å². The van der Waals surface area contributed by atoms with Crippen LogP contribution in [0.25, 0.3) is 11.2 Å². The lowest BCUT2D eigenvalue weighted by Gasteiger charge is -2.30. The molecule has 45 heavy (non-hydrogen) atoms. The van der Waals surface area contributed by atoms with Gasteiger partial charge < -0.3 is 26.0 Å². The number of hydrogen-bond acceptors (Lipinski definition) is 8. The second kappa shape index (κ2) is 15.3. The first-order valence-electron chi connectivity index (χ1n) is 16.3. The molecule has 2 saturated carbocycles. The second-order valence-electron chi connectivity index (χ2n) is 12.7. The zero-order valence-electron chi connectivity index (χ0n) is 25.3. The predicted molar refractivity (Wildman–Crippen MR) is 172 cm³/mol. The number of aliphatic hydroxyl groups excluding tert-OH is 1. The predicted octanol–water partition coefficient (Wildman–Crippen LogP) is 5.78. The van der Waals surface area contributed by atoms with Crippen molar-refractivity contribution in [2.45, 2.75) is 90.1 Å². The highest BCUT2D eigenvalue weighted by Crippen LogP contribution is 2.37. The molecule has 246 valence electrons. The molecule has 6 rings (SSSR count). The summed E-state index contributed by atoms with van der Waals surface area (Å²) < 4.78 is 30.1. The van der Waals surface area contributed by atoms with Gasteiger partial charge in [0, 0.05) is 43.8 Å². The van der Waals surface area contributed by atoms with Crippen LogP contribution in [0.1, 0.15) is 84.1 Å². The Kier molecular flexibility index (Phi) is 11.2. The summed E-state index contributed by atoms with van der Waals surface area (Å²) in [6.45, 7) is 4.08. The van der Waals surface area contributed by atoms with Gasteiger partial charge in [-0.15, -0.1) is 0 Å². The summed E-state index contributed by atoms with van der Waals surface area (Å²) >= 11 is 0. The molecule has 12 heteroatoms. The van der Waals surface area contributed by atoms with E-state index < -0.39 is 11.6 Å². The number of imidazole rings is 1. The van der Waals surface area contributed by atoms with Gasteiger partial charge in [0.25, 0.3) is 0 Å². The topological polar surface area (TPSA) is 120 Å². The number of benzene rings is 1. The van der Waals surface area contributed by atoms with E-state index in [2.05, 4.69) is 25.8 Å². The number of carbonyl (C=O) groups excluding carboxylic acids is 1. The zero-order chi connectivity index (χ0) is 30.5. The minimum absolute atomic E-state index is 0. The van der Waals surface area contributed by atoms with Crippen molar-refractivity contribution in [3.05, 3.63) is 36.0 Å². The Hall–Kier alpha value is -3.38. The lowest BCUT2D eigenvalue weighted by molar-refractivity contribution is -0.126. The number of aromatic nitrogens is 4. The van der Waals surface area contributed by atoms with Gasteiger partial charge in [-0.3, -0.25) is 9.36 Å². The lowest BCUT2D eigenvalue weighted by atomic mass is 9.85.